The van der Waals surface area contributed by atoms with Crippen molar-refractivity contribution in [2.45, 2.75) is 25.9 Å². The van der Waals surface area contributed by atoms with Gasteiger partial charge in [0.1, 0.15) is 12.4 Å². The lowest BCUT2D eigenvalue weighted by atomic mass is 10.3. The van der Waals surface area contributed by atoms with Crippen LogP contribution < -0.4 is 0 Å². The van der Waals surface area contributed by atoms with E-state index in [1.165, 1.54) is 6.26 Å². The van der Waals surface area contributed by atoms with E-state index in [0.29, 0.717) is 12.4 Å². The van der Waals surface area contributed by atoms with Gasteiger partial charge in [-0.1, -0.05) is 12.1 Å². The molecule has 0 aliphatic carbocycles. The standard InChI is InChI=1S/C20H22N4O3/c1-22(20(26)17-9-6-12-27-17)13-18-21-15-7-2-3-8-16(15)24(18)14-19(25)23-10-4-5-11-23/h2-3,6-9,12H,4-5,10-11,13-14H2,1H3. The second kappa shape index (κ2) is 7.26. The molecule has 2 amide bonds. The molecule has 7 heteroatoms. The summed E-state index contributed by atoms with van der Waals surface area (Å²) >= 11 is 0. The zero-order chi connectivity index (χ0) is 18.8. The van der Waals surface area contributed by atoms with Crippen LogP contribution in [0.1, 0.15) is 29.2 Å². The lowest BCUT2D eigenvalue weighted by Crippen LogP contribution is -2.32. The minimum atomic E-state index is -0.218. The summed E-state index contributed by atoms with van der Waals surface area (Å²) < 4.78 is 7.11. The summed E-state index contributed by atoms with van der Waals surface area (Å²) in [5.74, 6) is 0.848. The Morgan fingerprint density at radius 1 is 1.15 bits per heavy atom. The average molecular weight is 366 g/mol. The maximum absolute atomic E-state index is 12.7. The van der Waals surface area contributed by atoms with Crippen LogP contribution in [0.3, 0.4) is 0 Å². The van der Waals surface area contributed by atoms with Crippen molar-refractivity contribution in [3.05, 3.63) is 54.2 Å². The molecule has 1 fully saturated rings. The van der Waals surface area contributed by atoms with E-state index < -0.39 is 0 Å². The fraction of sp³-hybridized carbons (Fsp3) is 0.350. The number of rotatable bonds is 5. The number of furan rings is 1. The number of hydrogen-bond donors (Lipinski definition) is 0. The van der Waals surface area contributed by atoms with Crippen molar-refractivity contribution < 1.29 is 14.0 Å². The SMILES string of the molecule is CN(Cc1nc2ccccc2n1CC(=O)N1CCCC1)C(=O)c1ccco1. The van der Waals surface area contributed by atoms with Crippen LogP contribution in [0.4, 0.5) is 0 Å². The maximum atomic E-state index is 12.7. The molecule has 1 aromatic carbocycles. The lowest BCUT2D eigenvalue weighted by Gasteiger charge is -2.19. The summed E-state index contributed by atoms with van der Waals surface area (Å²) in [6.45, 7) is 2.16. The van der Waals surface area contributed by atoms with Gasteiger partial charge in [-0.15, -0.1) is 0 Å². The number of carbonyl (C=O) groups excluding carboxylic acids is 2. The Morgan fingerprint density at radius 2 is 1.93 bits per heavy atom. The molecule has 0 atom stereocenters. The van der Waals surface area contributed by atoms with E-state index in [9.17, 15) is 9.59 Å². The van der Waals surface area contributed by atoms with E-state index in [0.717, 1.165) is 37.0 Å². The Labute approximate surface area is 157 Å². The number of fused-ring (bicyclic) bond motifs is 1. The van der Waals surface area contributed by atoms with Crippen molar-refractivity contribution >= 4 is 22.8 Å². The topological polar surface area (TPSA) is 71.6 Å². The van der Waals surface area contributed by atoms with E-state index in [1.54, 1.807) is 24.1 Å². The van der Waals surface area contributed by atoms with Crippen molar-refractivity contribution in [3.63, 3.8) is 0 Å². The molecule has 1 aliphatic heterocycles. The van der Waals surface area contributed by atoms with Crippen LogP contribution in [-0.2, 0) is 17.9 Å². The number of carbonyl (C=O) groups is 2. The molecular formula is C20H22N4O3. The van der Waals surface area contributed by atoms with Gasteiger partial charge in [0.25, 0.3) is 5.91 Å². The van der Waals surface area contributed by atoms with Gasteiger partial charge in [0, 0.05) is 20.1 Å². The third-order valence-corrected chi connectivity index (χ3v) is 4.94. The summed E-state index contributed by atoms with van der Waals surface area (Å²) in [5, 5.41) is 0. The Morgan fingerprint density at radius 3 is 2.67 bits per heavy atom. The van der Waals surface area contributed by atoms with Crippen LogP contribution in [0, 0.1) is 0 Å². The maximum Gasteiger partial charge on any atom is 0.289 e. The molecule has 27 heavy (non-hydrogen) atoms. The first-order valence-corrected chi connectivity index (χ1v) is 9.14. The molecule has 7 nitrogen and oxygen atoms in total. The van der Waals surface area contributed by atoms with Gasteiger partial charge in [-0.3, -0.25) is 9.59 Å². The van der Waals surface area contributed by atoms with Gasteiger partial charge < -0.3 is 18.8 Å². The van der Waals surface area contributed by atoms with Crippen LogP contribution in [0.25, 0.3) is 11.0 Å². The van der Waals surface area contributed by atoms with Gasteiger partial charge in [0.15, 0.2) is 5.76 Å². The smallest absolute Gasteiger partial charge is 0.289 e. The molecular weight excluding hydrogens is 344 g/mol. The lowest BCUT2D eigenvalue weighted by molar-refractivity contribution is -0.130. The fourth-order valence-electron chi connectivity index (χ4n) is 3.50. The highest BCUT2D eigenvalue weighted by Gasteiger charge is 2.22. The summed E-state index contributed by atoms with van der Waals surface area (Å²) in [6, 6.07) is 11.1. The van der Waals surface area contributed by atoms with Crippen LogP contribution in [-0.4, -0.2) is 51.3 Å². The fourth-order valence-corrected chi connectivity index (χ4v) is 3.50. The second-order valence-corrected chi connectivity index (χ2v) is 6.83. The van der Waals surface area contributed by atoms with Crippen molar-refractivity contribution in [2.75, 3.05) is 20.1 Å². The van der Waals surface area contributed by atoms with Crippen molar-refractivity contribution in [1.82, 2.24) is 19.4 Å². The molecule has 0 saturated carbocycles. The first-order valence-electron chi connectivity index (χ1n) is 9.14. The Hall–Kier alpha value is -3.09. The Kier molecular flexibility index (Phi) is 4.66. The van der Waals surface area contributed by atoms with E-state index >= 15 is 0 Å². The van der Waals surface area contributed by atoms with Gasteiger partial charge in [-0.25, -0.2) is 4.98 Å². The zero-order valence-electron chi connectivity index (χ0n) is 15.3. The number of likely N-dealkylation sites (tertiary alicyclic amines) is 1. The number of imidazole rings is 1. The van der Waals surface area contributed by atoms with E-state index in [4.69, 9.17) is 4.42 Å². The van der Waals surface area contributed by atoms with Crippen molar-refractivity contribution in [1.29, 1.82) is 0 Å². The van der Waals surface area contributed by atoms with E-state index in [2.05, 4.69) is 4.98 Å². The minimum absolute atomic E-state index is 0.0944. The largest absolute Gasteiger partial charge is 0.459 e. The second-order valence-electron chi connectivity index (χ2n) is 6.83. The Bertz CT molecular complexity index is 955. The van der Waals surface area contributed by atoms with Crippen LogP contribution >= 0.6 is 0 Å². The minimum Gasteiger partial charge on any atom is -0.459 e. The van der Waals surface area contributed by atoms with Gasteiger partial charge >= 0.3 is 0 Å². The highest BCUT2D eigenvalue weighted by atomic mass is 16.3. The number of nitrogens with zero attached hydrogens (tertiary/aromatic N) is 4. The highest BCUT2D eigenvalue weighted by molar-refractivity contribution is 5.91. The molecule has 0 spiro atoms. The molecule has 3 heterocycles. The average Bonchev–Trinajstić information content (AvgIpc) is 3.43. The molecule has 0 bridgehead atoms. The van der Waals surface area contributed by atoms with Gasteiger partial charge in [-0.2, -0.15) is 0 Å². The molecule has 0 unspecified atom stereocenters. The van der Waals surface area contributed by atoms with E-state index in [-0.39, 0.29) is 24.1 Å². The molecule has 4 rings (SSSR count). The molecule has 2 aromatic heterocycles. The van der Waals surface area contributed by atoms with Crippen LogP contribution in [0.15, 0.2) is 47.1 Å². The predicted octanol–water partition coefficient (Wildman–Crippen LogP) is 2.52. The zero-order valence-corrected chi connectivity index (χ0v) is 15.3. The molecule has 0 N–H and O–H groups in total. The molecule has 1 aliphatic rings. The Balaban J connectivity index is 1.61. The first-order chi connectivity index (χ1) is 13.1. The third kappa shape index (κ3) is 3.45. The number of benzene rings is 1. The van der Waals surface area contributed by atoms with Gasteiger partial charge in [-0.05, 0) is 37.1 Å². The normalized spacial score (nSPS) is 14.0. The predicted molar refractivity (Wildman–Crippen MR) is 100 cm³/mol. The number of amides is 2. The summed E-state index contributed by atoms with van der Waals surface area (Å²) in [5.41, 5.74) is 1.72. The summed E-state index contributed by atoms with van der Waals surface area (Å²) in [6.07, 6.45) is 3.60. The van der Waals surface area contributed by atoms with Gasteiger partial charge in [0.2, 0.25) is 5.91 Å². The van der Waals surface area contributed by atoms with Crippen molar-refractivity contribution in [3.8, 4) is 0 Å². The number of para-hydroxylation sites is 2. The highest BCUT2D eigenvalue weighted by Crippen LogP contribution is 2.19. The summed E-state index contributed by atoms with van der Waals surface area (Å²) in [7, 11) is 1.71. The molecule has 0 radical (unpaired) electrons. The van der Waals surface area contributed by atoms with Crippen LogP contribution in [0.5, 0.6) is 0 Å². The monoisotopic (exact) mass is 366 g/mol. The quantitative estimate of drug-likeness (QED) is 0.696. The van der Waals surface area contributed by atoms with E-state index in [1.807, 2.05) is 33.7 Å². The first kappa shape index (κ1) is 17.3. The molecule has 140 valence electrons. The number of hydrogen-bond acceptors (Lipinski definition) is 4. The third-order valence-electron chi connectivity index (χ3n) is 4.94. The molecule has 3 aromatic rings. The number of aromatic nitrogens is 2. The summed E-state index contributed by atoms with van der Waals surface area (Å²) in [4.78, 5) is 33.3. The van der Waals surface area contributed by atoms with Crippen LogP contribution in [0.2, 0.25) is 0 Å². The molecule has 1 saturated heterocycles. The van der Waals surface area contributed by atoms with Gasteiger partial charge in [0.05, 0.1) is 23.8 Å². The van der Waals surface area contributed by atoms with Crippen molar-refractivity contribution in [2.24, 2.45) is 0 Å².